The SMILES string of the molecule is Cc1ccc(C)c(NC(=O)COC(=O)CN2C(=O)[C@@H]3[C@H]4C[C@@H]([C@H](Cl)[C@H]4Cl)[C@H]3C2=O)c1. The molecule has 1 aromatic carbocycles. The predicted octanol–water partition coefficient (Wildman–Crippen LogP) is 2.25. The van der Waals surface area contributed by atoms with Gasteiger partial charge in [-0.1, -0.05) is 12.1 Å². The van der Waals surface area contributed by atoms with Crippen LogP contribution in [-0.2, 0) is 23.9 Å². The molecule has 2 bridgehead atoms. The Bertz CT molecular complexity index is 904. The summed E-state index contributed by atoms with van der Waals surface area (Å²) >= 11 is 12.6. The van der Waals surface area contributed by atoms with Crippen LogP contribution < -0.4 is 5.32 Å². The highest BCUT2D eigenvalue weighted by Gasteiger charge is 2.66. The number of fused-ring (bicyclic) bond motifs is 5. The number of nitrogens with zero attached hydrogens (tertiary/aromatic N) is 1. The van der Waals surface area contributed by atoms with E-state index in [4.69, 9.17) is 27.9 Å². The molecule has 160 valence electrons. The van der Waals surface area contributed by atoms with E-state index < -0.39 is 48.7 Å². The quantitative estimate of drug-likeness (QED) is 0.420. The standard InChI is InChI=1S/C21H22Cl2N2O5/c1-9-3-4-10(2)13(5-9)24-14(26)8-30-15(27)7-25-20(28)16-11-6-12(17(16)21(25)29)19(23)18(11)22/h3-5,11-12,16-19H,6-8H2,1-2H3,(H,24,26)/t11-,12-,16-,17-,18+,19+/m1/s1. The molecular formula is C21H22Cl2N2O5. The van der Waals surface area contributed by atoms with Crippen molar-refractivity contribution in [1.82, 2.24) is 4.90 Å². The van der Waals surface area contributed by atoms with Crippen molar-refractivity contribution in [3.8, 4) is 0 Å². The van der Waals surface area contributed by atoms with Crippen LogP contribution in [0.4, 0.5) is 5.69 Å². The van der Waals surface area contributed by atoms with Gasteiger partial charge in [-0.15, -0.1) is 23.2 Å². The molecule has 30 heavy (non-hydrogen) atoms. The van der Waals surface area contributed by atoms with Gasteiger partial charge in [0, 0.05) is 5.69 Å². The number of halogens is 2. The number of benzene rings is 1. The van der Waals surface area contributed by atoms with Gasteiger partial charge in [-0.25, -0.2) is 0 Å². The van der Waals surface area contributed by atoms with Gasteiger partial charge in [0.2, 0.25) is 11.8 Å². The topological polar surface area (TPSA) is 92.8 Å². The second kappa shape index (κ2) is 7.85. The van der Waals surface area contributed by atoms with Crippen molar-refractivity contribution in [2.45, 2.75) is 31.0 Å². The Morgan fingerprint density at radius 3 is 2.30 bits per heavy atom. The number of hydrogen-bond donors (Lipinski definition) is 1. The summed E-state index contributed by atoms with van der Waals surface area (Å²) in [5.41, 5.74) is 2.50. The van der Waals surface area contributed by atoms with E-state index in [1.165, 1.54) is 0 Å². The van der Waals surface area contributed by atoms with E-state index in [-0.39, 0.29) is 22.6 Å². The first-order chi connectivity index (χ1) is 14.2. The number of hydrogen-bond acceptors (Lipinski definition) is 5. The van der Waals surface area contributed by atoms with E-state index in [0.29, 0.717) is 12.1 Å². The third kappa shape index (κ3) is 3.48. The van der Waals surface area contributed by atoms with E-state index in [1.54, 1.807) is 0 Å². The minimum atomic E-state index is -0.815. The normalized spacial score (nSPS) is 31.8. The molecule has 1 heterocycles. The molecule has 2 saturated carbocycles. The minimum Gasteiger partial charge on any atom is -0.454 e. The third-order valence-electron chi connectivity index (χ3n) is 6.40. The van der Waals surface area contributed by atoms with Crippen LogP contribution in [0, 0.1) is 37.5 Å². The zero-order chi connectivity index (χ0) is 21.7. The molecule has 6 atom stereocenters. The highest BCUT2D eigenvalue weighted by atomic mass is 35.5. The van der Waals surface area contributed by atoms with E-state index >= 15 is 0 Å². The molecule has 3 fully saturated rings. The lowest BCUT2D eigenvalue weighted by Crippen LogP contribution is -2.38. The molecule has 1 aliphatic heterocycles. The van der Waals surface area contributed by atoms with E-state index in [9.17, 15) is 19.2 Å². The van der Waals surface area contributed by atoms with Gasteiger partial charge in [-0.2, -0.15) is 0 Å². The van der Waals surface area contributed by atoms with Crippen molar-refractivity contribution < 1.29 is 23.9 Å². The van der Waals surface area contributed by atoms with Crippen molar-refractivity contribution >= 4 is 52.6 Å². The van der Waals surface area contributed by atoms with Crippen molar-refractivity contribution in [3.63, 3.8) is 0 Å². The second-order valence-electron chi connectivity index (χ2n) is 8.29. The molecule has 0 radical (unpaired) electrons. The first kappa shape index (κ1) is 21.1. The highest BCUT2D eigenvalue weighted by Crippen LogP contribution is 2.59. The Morgan fingerprint density at radius 1 is 1.10 bits per heavy atom. The summed E-state index contributed by atoms with van der Waals surface area (Å²) in [6, 6.07) is 5.62. The van der Waals surface area contributed by atoms with Gasteiger partial charge in [0.15, 0.2) is 6.61 Å². The van der Waals surface area contributed by atoms with E-state index in [2.05, 4.69) is 5.32 Å². The van der Waals surface area contributed by atoms with Gasteiger partial charge in [0.05, 0.1) is 22.6 Å². The summed E-state index contributed by atoms with van der Waals surface area (Å²) < 4.78 is 4.99. The Labute approximate surface area is 184 Å². The summed E-state index contributed by atoms with van der Waals surface area (Å²) in [6.07, 6.45) is 0.659. The zero-order valence-corrected chi connectivity index (χ0v) is 18.1. The molecule has 1 saturated heterocycles. The first-order valence-corrected chi connectivity index (χ1v) is 10.7. The predicted molar refractivity (Wildman–Crippen MR) is 110 cm³/mol. The zero-order valence-electron chi connectivity index (χ0n) is 16.6. The van der Waals surface area contributed by atoms with E-state index in [0.717, 1.165) is 16.0 Å². The maximum Gasteiger partial charge on any atom is 0.326 e. The second-order valence-corrected chi connectivity index (χ2v) is 9.30. The number of carbonyl (C=O) groups excluding carboxylic acids is 4. The van der Waals surface area contributed by atoms with Crippen molar-refractivity contribution in [2.75, 3.05) is 18.5 Å². The van der Waals surface area contributed by atoms with Gasteiger partial charge < -0.3 is 10.1 Å². The number of esters is 1. The van der Waals surface area contributed by atoms with Crippen LogP contribution in [0.15, 0.2) is 18.2 Å². The largest absolute Gasteiger partial charge is 0.454 e. The number of nitrogens with one attached hydrogen (secondary N) is 1. The number of ether oxygens (including phenoxy) is 1. The van der Waals surface area contributed by atoms with Crippen LogP contribution in [0.25, 0.3) is 0 Å². The maximum atomic E-state index is 12.7. The van der Waals surface area contributed by atoms with Crippen LogP contribution in [0.3, 0.4) is 0 Å². The molecule has 0 aromatic heterocycles. The Balaban J connectivity index is 1.32. The van der Waals surface area contributed by atoms with Gasteiger partial charge >= 0.3 is 5.97 Å². The number of alkyl halides is 2. The number of anilines is 1. The molecule has 4 rings (SSSR count). The number of amides is 3. The Kier molecular flexibility index (Phi) is 5.53. The highest BCUT2D eigenvalue weighted by molar-refractivity contribution is 6.31. The lowest BCUT2D eigenvalue weighted by molar-refractivity contribution is -0.154. The number of imide groups is 1. The molecule has 0 spiro atoms. The molecule has 9 heteroatoms. The average Bonchev–Trinajstić information content (AvgIpc) is 3.30. The number of likely N-dealkylation sites (tertiary alicyclic amines) is 1. The molecular weight excluding hydrogens is 431 g/mol. The number of aryl methyl sites for hydroxylation is 2. The van der Waals surface area contributed by atoms with Gasteiger partial charge in [0.25, 0.3) is 5.91 Å². The molecule has 1 aromatic rings. The molecule has 1 N–H and O–H groups in total. The Hall–Kier alpha value is -2.12. The lowest BCUT2D eigenvalue weighted by Gasteiger charge is -2.28. The van der Waals surface area contributed by atoms with Gasteiger partial charge in [-0.3, -0.25) is 24.1 Å². The smallest absolute Gasteiger partial charge is 0.326 e. The first-order valence-electron chi connectivity index (χ1n) is 9.85. The van der Waals surface area contributed by atoms with Crippen molar-refractivity contribution in [1.29, 1.82) is 0 Å². The summed E-state index contributed by atoms with van der Waals surface area (Å²) in [5, 5.41) is 1.98. The Morgan fingerprint density at radius 2 is 1.70 bits per heavy atom. The summed E-state index contributed by atoms with van der Waals surface area (Å²) in [4.78, 5) is 50.7. The fourth-order valence-electron chi connectivity index (χ4n) is 4.94. The van der Waals surface area contributed by atoms with Gasteiger partial charge in [0.1, 0.15) is 6.54 Å². The molecule has 2 aliphatic carbocycles. The number of carbonyl (C=O) groups is 4. The third-order valence-corrected chi connectivity index (χ3v) is 7.72. The summed E-state index contributed by atoms with van der Waals surface area (Å²) in [7, 11) is 0. The molecule has 0 unspecified atom stereocenters. The minimum absolute atomic E-state index is 0.148. The fraction of sp³-hybridized carbons (Fsp3) is 0.524. The summed E-state index contributed by atoms with van der Waals surface area (Å²) in [6.45, 7) is 2.74. The van der Waals surface area contributed by atoms with Gasteiger partial charge in [-0.05, 0) is 49.3 Å². The average molecular weight is 453 g/mol. The fourth-order valence-corrected chi connectivity index (χ4v) is 5.84. The molecule has 3 aliphatic rings. The molecule has 3 amide bonds. The van der Waals surface area contributed by atoms with Crippen LogP contribution >= 0.6 is 23.2 Å². The monoisotopic (exact) mass is 452 g/mol. The van der Waals surface area contributed by atoms with E-state index in [1.807, 2.05) is 32.0 Å². The maximum absolute atomic E-state index is 12.7. The van der Waals surface area contributed by atoms with Crippen molar-refractivity contribution in [2.24, 2.45) is 23.7 Å². The van der Waals surface area contributed by atoms with Crippen LogP contribution in [0.1, 0.15) is 17.5 Å². The van der Waals surface area contributed by atoms with Crippen LogP contribution in [0.2, 0.25) is 0 Å². The van der Waals surface area contributed by atoms with Crippen LogP contribution in [0.5, 0.6) is 0 Å². The number of rotatable bonds is 5. The summed E-state index contributed by atoms with van der Waals surface area (Å²) in [5.74, 6) is -3.44. The van der Waals surface area contributed by atoms with Crippen LogP contribution in [-0.4, -0.2) is 52.5 Å². The lowest BCUT2D eigenvalue weighted by atomic mass is 9.80. The van der Waals surface area contributed by atoms with Crippen molar-refractivity contribution in [3.05, 3.63) is 29.3 Å². The molecule has 7 nitrogen and oxygen atoms in total.